The summed E-state index contributed by atoms with van der Waals surface area (Å²) < 4.78 is 18.4. The number of thiazole rings is 1. The lowest BCUT2D eigenvalue weighted by Crippen LogP contribution is -2.58. The van der Waals surface area contributed by atoms with E-state index in [0.717, 1.165) is 4.31 Å². The highest BCUT2D eigenvalue weighted by atomic mass is 32.2. The van der Waals surface area contributed by atoms with Crippen molar-refractivity contribution in [2.75, 3.05) is 12.4 Å². The van der Waals surface area contributed by atoms with Crippen LogP contribution in [-0.4, -0.2) is 75.3 Å². The molecule has 2 aliphatic heterocycles. The van der Waals surface area contributed by atoms with Crippen LogP contribution in [0.15, 0.2) is 35.3 Å². The number of carbonyl (C=O) groups excluding carboxylic acids is 4. The second kappa shape index (κ2) is 12.8. The average molecular weight is 597 g/mol. The molecule has 1 aromatic rings. The summed E-state index contributed by atoms with van der Waals surface area (Å²) >= 11 is 1.80. The topological polar surface area (TPSA) is 151 Å². The van der Waals surface area contributed by atoms with Crippen LogP contribution in [0.4, 0.5) is 0 Å². The average Bonchev–Trinajstić information content (AvgIpc) is 3.45. The van der Waals surface area contributed by atoms with Crippen LogP contribution < -0.4 is 0 Å². The molecular weight excluding hydrogens is 564 g/mol. The number of hydrogen-bond acceptors (Lipinski definition) is 11. The fourth-order valence-corrected chi connectivity index (χ4v) is 8.09. The van der Waals surface area contributed by atoms with Gasteiger partial charge in [0.2, 0.25) is 11.0 Å². The molecule has 0 aromatic carbocycles. The largest absolute Gasteiger partial charge is 0.465 e. The lowest BCUT2D eigenvalue weighted by molar-refractivity contribution is -0.140. The molecule has 0 unspecified atom stereocenters. The van der Waals surface area contributed by atoms with Gasteiger partial charge < -0.3 is 14.9 Å². The van der Waals surface area contributed by atoms with Gasteiger partial charge in [-0.25, -0.2) is 9.19 Å². The van der Waals surface area contributed by atoms with E-state index in [1.807, 2.05) is 0 Å². The van der Waals surface area contributed by atoms with Crippen molar-refractivity contribution in [2.24, 2.45) is 0 Å². The molecule has 212 valence electrons. The molecule has 0 saturated carbocycles. The van der Waals surface area contributed by atoms with E-state index in [1.165, 1.54) is 36.5 Å². The molecular formula is C26H32N2O8S3. The molecule has 1 fully saturated rings. The number of esters is 1. The second-order valence-corrected chi connectivity index (χ2v) is 13.0. The maximum Gasteiger partial charge on any atom is 0.316 e. The van der Waals surface area contributed by atoms with E-state index >= 15 is 0 Å². The number of ketones is 1. The van der Waals surface area contributed by atoms with Gasteiger partial charge in [-0.1, -0.05) is 29.5 Å². The number of aliphatic hydroxyl groups is 2. The van der Waals surface area contributed by atoms with E-state index in [9.17, 15) is 33.6 Å². The van der Waals surface area contributed by atoms with Crippen molar-refractivity contribution >= 4 is 62.9 Å². The van der Waals surface area contributed by atoms with Gasteiger partial charge in [0, 0.05) is 5.38 Å². The minimum atomic E-state index is -2.28. The molecule has 3 rings (SSSR count). The molecule has 0 radical (unpaired) electrons. The lowest BCUT2D eigenvalue weighted by atomic mass is 9.81. The first-order valence-electron chi connectivity index (χ1n) is 12.3. The maximum absolute atomic E-state index is 14.2. The third kappa shape index (κ3) is 6.65. The molecule has 2 aliphatic rings. The third-order valence-corrected chi connectivity index (χ3v) is 11.0. The Morgan fingerprint density at radius 1 is 1.33 bits per heavy atom. The minimum Gasteiger partial charge on any atom is -0.465 e. The Balaban J connectivity index is 2.06. The van der Waals surface area contributed by atoms with Gasteiger partial charge in [0.05, 0.1) is 30.5 Å². The number of thioether (sulfide) groups is 1. The number of fused-ring (bicyclic) bond motifs is 4. The molecule has 10 nitrogen and oxygen atoms in total. The summed E-state index contributed by atoms with van der Waals surface area (Å²) in [7, 11) is -2.18. The molecule has 1 saturated heterocycles. The van der Waals surface area contributed by atoms with Gasteiger partial charge >= 0.3 is 5.97 Å². The number of carbonyl (C=O) groups is 4. The highest BCUT2D eigenvalue weighted by molar-refractivity contribution is 8.14. The molecule has 39 heavy (non-hydrogen) atoms. The van der Waals surface area contributed by atoms with Crippen LogP contribution in [0.25, 0.3) is 6.08 Å². The van der Waals surface area contributed by atoms with E-state index in [2.05, 4.69) is 4.98 Å². The summed E-state index contributed by atoms with van der Waals surface area (Å²) in [6.07, 6.45) is 5.57. The number of aliphatic hydroxyl groups excluding tert-OH is 1. The quantitative estimate of drug-likeness (QED) is 0.383. The Morgan fingerprint density at radius 3 is 2.72 bits per heavy atom. The van der Waals surface area contributed by atoms with Crippen molar-refractivity contribution in [3.8, 4) is 0 Å². The lowest BCUT2D eigenvalue weighted by Gasteiger charge is -2.39. The minimum absolute atomic E-state index is 0.0724. The summed E-state index contributed by atoms with van der Waals surface area (Å²) in [4.78, 5) is 55.3. The summed E-state index contributed by atoms with van der Waals surface area (Å²) in [5.41, 5.74) is -1.18. The van der Waals surface area contributed by atoms with E-state index in [0.29, 0.717) is 28.0 Å². The summed E-state index contributed by atoms with van der Waals surface area (Å²) in [5, 5.41) is 23.4. The van der Waals surface area contributed by atoms with E-state index in [1.54, 1.807) is 38.3 Å². The van der Waals surface area contributed by atoms with Crippen LogP contribution in [0.5, 0.6) is 0 Å². The fourth-order valence-electron chi connectivity index (χ4n) is 4.35. The zero-order valence-electron chi connectivity index (χ0n) is 22.1. The van der Waals surface area contributed by atoms with Gasteiger partial charge in [-0.2, -0.15) is 0 Å². The number of rotatable bonds is 5. The SMILES string of the molecule is CCOC(=O)CSC(=O)[C@](C)(O)[C@@]12CC/C(C)=C\[C@@H](O)C(=O)/C=C\C=C/c3csc(n3)[C@@H](C)N(C(=O)C1)[S@]2=O. The Bertz CT molecular complexity index is 1250. The predicted molar refractivity (Wildman–Crippen MR) is 150 cm³/mol. The Labute approximate surface area is 237 Å². The summed E-state index contributed by atoms with van der Waals surface area (Å²) in [5.74, 6) is -2.06. The van der Waals surface area contributed by atoms with Gasteiger partial charge in [-0.3, -0.25) is 23.5 Å². The zero-order valence-corrected chi connectivity index (χ0v) is 24.6. The van der Waals surface area contributed by atoms with Crippen molar-refractivity contribution in [1.29, 1.82) is 0 Å². The third-order valence-electron chi connectivity index (χ3n) is 6.65. The molecule has 1 aromatic heterocycles. The van der Waals surface area contributed by atoms with Crippen LogP contribution in [0.2, 0.25) is 0 Å². The van der Waals surface area contributed by atoms with Crippen LogP contribution in [0, 0.1) is 0 Å². The Hall–Kier alpha value is -2.45. The van der Waals surface area contributed by atoms with Crippen molar-refractivity contribution < 1.29 is 38.3 Å². The molecule has 0 aliphatic carbocycles. The number of hydrogen-bond donors (Lipinski definition) is 2. The number of aromatic nitrogens is 1. The normalized spacial score (nSPS) is 30.6. The first-order chi connectivity index (χ1) is 18.3. The van der Waals surface area contributed by atoms with Crippen molar-refractivity contribution in [3.05, 3.63) is 46.0 Å². The highest BCUT2D eigenvalue weighted by Crippen LogP contribution is 2.48. The van der Waals surface area contributed by atoms with Gasteiger partial charge in [-0.05, 0) is 58.8 Å². The van der Waals surface area contributed by atoms with E-state index in [-0.39, 0.29) is 25.2 Å². The molecule has 2 N–H and O–H groups in total. The van der Waals surface area contributed by atoms with Crippen molar-refractivity contribution in [1.82, 2.24) is 9.29 Å². The Kier molecular flexibility index (Phi) is 10.2. The Morgan fingerprint density at radius 2 is 2.03 bits per heavy atom. The zero-order chi connectivity index (χ0) is 29.0. The number of ether oxygens (including phenoxy) is 1. The van der Waals surface area contributed by atoms with Crippen molar-refractivity contribution in [3.63, 3.8) is 0 Å². The summed E-state index contributed by atoms with van der Waals surface area (Å²) in [6, 6.07) is -0.711. The van der Waals surface area contributed by atoms with Gasteiger partial charge in [-0.15, -0.1) is 11.3 Å². The van der Waals surface area contributed by atoms with Gasteiger partial charge in [0.15, 0.2) is 5.78 Å². The number of amides is 1. The second-order valence-electron chi connectivity index (χ2n) is 9.46. The monoisotopic (exact) mass is 596 g/mol. The number of nitrogens with zero attached hydrogens (tertiary/aromatic N) is 2. The molecule has 1 amide bonds. The fraction of sp³-hybridized carbons (Fsp3) is 0.500. The standard InChI is InChI=1S/C26H32N2O8S3/c1-5-36-22(32)15-38-24(33)25(4,34)26-11-10-16(2)12-20(30)19(29)9-7-6-8-18-14-37-23(27-18)17(3)28(39(26)35)21(31)13-26/h6-9,12,14,17,20,30,34H,5,10-11,13,15H2,1-4H3/b8-6-,9-7-,16-12-/t17-,20-,25+,26-,39+/m1/s1. The van der Waals surface area contributed by atoms with Gasteiger partial charge in [0.25, 0.3) is 0 Å². The van der Waals surface area contributed by atoms with Crippen LogP contribution >= 0.6 is 23.1 Å². The van der Waals surface area contributed by atoms with Crippen LogP contribution in [0.3, 0.4) is 0 Å². The smallest absolute Gasteiger partial charge is 0.316 e. The molecule has 4 bridgehead atoms. The summed E-state index contributed by atoms with van der Waals surface area (Å²) in [6.45, 7) is 6.30. The van der Waals surface area contributed by atoms with Crippen LogP contribution in [-0.2, 0) is 34.9 Å². The van der Waals surface area contributed by atoms with E-state index in [4.69, 9.17) is 4.74 Å². The van der Waals surface area contributed by atoms with Crippen molar-refractivity contribution in [2.45, 2.75) is 69.5 Å². The molecule has 5 atom stereocenters. The molecule has 0 spiro atoms. The van der Waals surface area contributed by atoms with Crippen LogP contribution in [0.1, 0.15) is 63.7 Å². The highest BCUT2D eigenvalue weighted by Gasteiger charge is 2.64. The van der Waals surface area contributed by atoms with Gasteiger partial charge in [0.1, 0.15) is 32.4 Å². The molecule has 3 heterocycles. The van der Waals surface area contributed by atoms with E-state index < -0.39 is 62.7 Å². The first-order valence-corrected chi connectivity index (χ1v) is 15.3. The molecule has 13 heteroatoms. The number of allylic oxidation sites excluding steroid dienone is 3. The maximum atomic E-state index is 14.2. The first kappa shape index (κ1) is 31.1. The predicted octanol–water partition coefficient (Wildman–Crippen LogP) is 2.65.